The first-order valence-corrected chi connectivity index (χ1v) is 11.5. The van der Waals surface area contributed by atoms with Crippen molar-refractivity contribution in [2.75, 3.05) is 43.6 Å². The third-order valence-electron chi connectivity index (χ3n) is 6.39. The van der Waals surface area contributed by atoms with Crippen LogP contribution in [-0.4, -0.2) is 54.4 Å². The van der Waals surface area contributed by atoms with Gasteiger partial charge in [0.05, 0.1) is 18.7 Å². The summed E-state index contributed by atoms with van der Waals surface area (Å²) >= 11 is 0. The number of nitrogens with zero attached hydrogens (tertiary/aromatic N) is 5. The maximum Gasteiger partial charge on any atom is 0.146 e. The summed E-state index contributed by atoms with van der Waals surface area (Å²) in [5, 5.41) is 13.1. The Morgan fingerprint density at radius 2 is 2.03 bits per heavy atom. The first kappa shape index (κ1) is 22.3. The number of anilines is 3. The minimum Gasteiger partial charge on any atom is -0.383 e. The zero-order valence-electron chi connectivity index (χ0n) is 19.2. The average molecular weight is 459 g/mol. The summed E-state index contributed by atoms with van der Waals surface area (Å²) in [6, 6.07) is 14.3. The van der Waals surface area contributed by atoms with Crippen LogP contribution in [0.25, 0.3) is 11.1 Å². The molecule has 2 aliphatic rings. The second kappa shape index (κ2) is 9.75. The number of benzene rings is 1. The average Bonchev–Trinajstić information content (AvgIpc) is 3.48. The third kappa shape index (κ3) is 4.72. The summed E-state index contributed by atoms with van der Waals surface area (Å²) in [5.74, 6) is 1.27. The van der Waals surface area contributed by atoms with Crippen LogP contribution >= 0.6 is 0 Å². The van der Waals surface area contributed by atoms with Crippen LogP contribution in [0.5, 0.6) is 0 Å². The van der Waals surface area contributed by atoms with Gasteiger partial charge < -0.3 is 15.0 Å². The molecule has 34 heavy (non-hydrogen) atoms. The molecule has 1 aromatic carbocycles. The second-order valence-corrected chi connectivity index (χ2v) is 8.78. The van der Waals surface area contributed by atoms with Gasteiger partial charge in [0, 0.05) is 56.9 Å². The van der Waals surface area contributed by atoms with Gasteiger partial charge >= 0.3 is 0 Å². The Kier molecular flexibility index (Phi) is 6.39. The molecule has 0 saturated carbocycles. The Hall–Kier alpha value is -3.54. The molecule has 7 nitrogen and oxygen atoms in total. The number of rotatable bonds is 7. The zero-order valence-corrected chi connectivity index (χ0v) is 19.2. The van der Waals surface area contributed by atoms with E-state index in [0.717, 1.165) is 43.1 Å². The van der Waals surface area contributed by atoms with E-state index in [-0.39, 0.29) is 6.54 Å². The van der Waals surface area contributed by atoms with E-state index in [1.807, 2.05) is 23.1 Å². The summed E-state index contributed by atoms with van der Waals surface area (Å²) < 4.78 is 18.8. The number of hydrogen-bond acceptors (Lipinski definition) is 7. The fourth-order valence-corrected chi connectivity index (χ4v) is 4.61. The molecular weight excluding hydrogens is 431 g/mol. The molecular formula is C26H27FN6O. The lowest BCUT2D eigenvalue weighted by atomic mass is 10.1. The molecule has 2 aromatic heterocycles. The van der Waals surface area contributed by atoms with Gasteiger partial charge in [-0.1, -0.05) is 6.07 Å². The van der Waals surface area contributed by atoms with Gasteiger partial charge in [-0.3, -0.25) is 4.90 Å². The molecule has 2 aliphatic heterocycles. The van der Waals surface area contributed by atoms with Crippen molar-refractivity contribution in [3.05, 3.63) is 65.5 Å². The van der Waals surface area contributed by atoms with Crippen molar-refractivity contribution in [3.63, 3.8) is 0 Å². The van der Waals surface area contributed by atoms with E-state index in [2.05, 4.69) is 44.5 Å². The van der Waals surface area contributed by atoms with E-state index in [1.54, 1.807) is 19.5 Å². The molecule has 0 bridgehead atoms. The lowest BCUT2D eigenvalue weighted by molar-refractivity contribution is 0.147. The van der Waals surface area contributed by atoms with Crippen LogP contribution in [0.1, 0.15) is 23.1 Å². The van der Waals surface area contributed by atoms with Crippen LogP contribution in [0, 0.1) is 11.3 Å². The Balaban J connectivity index is 1.33. The molecule has 174 valence electrons. The van der Waals surface area contributed by atoms with Crippen LogP contribution in [-0.2, 0) is 17.8 Å². The van der Waals surface area contributed by atoms with Crippen LogP contribution in [0.15, 0.2) is 48.8 Å². The highest BCUT2D eigenvalue weighted by atomic mass is 19.1. The molecule has 8 heteroatoms. The highest BCUT2D eigenvalue weighted by Gasteiger charge is 2.25. The van der Waals surface area contributed by atoms with Crippen LogP contribution < -0.4 is 10.2 Å². The Bertz CT molecular complexity index is 1230. The van der Waals surface area contributed by atoms with Gasteiger partial charge in [-0.25, -0.2) is 14.4 Å². The van der Waals surface area contributed by atoms with Crippen molar-refractivity contribution < 1.29 is 9.13 Å². The number of hydrogen-bond donors (Lipinski definition) is 1. The maximum atomic E-state index is 13.6. The summed E-state index contributed by atoms with van der Waals surface area (Å²) in [5.41, 5.74) is 5.82. The van der Waals surface area contributed by atoms with Crippen molar-refractivity contribution in [3.8, 4) is 17.2 Å². The van der Waals surface area contributed by atoms with Gasteiger partial charge in [0.2, 0.25) is 0 Å². The van der Waals surface area contributed by atoms with E-state index < -0.39 is 6.17 Å². The van der Waals surface area contributed by atoms with Gasteiger partial charge in [0.1, 0.15) is 23.9 Å². The van der Waals surface area contributed by atoms with Gasteiger partial charge in [0.25, 0.3) is 0 Å². The molecule has 0 amide bonds. The fourth-order valence-electron chi connectivity index (χ4n) is 4.61. The quantitative estimate of drug-likeness (QED) is 0.567. The smallest absolute Gasteiger partial charge is 0.146 e. The number of halogens is 1. The molecule has 3 aromatic rings. The molecule has 5 rings (SSSR count). The largest absolute Gasteiger partial charge is 0.383 e. The fraction of sp³-hybridized carbons (Fsp3) is 0.346. The second-order valence-electron chi connectivity index (χ2n) is 8.78. The predicted molar refractivity (Wildman–Crippen MR) is 130 cm³/mol. The number of ether oxygens (including phenoxy) is 1. The molecule has 0 unspecified atom stereocenters. The van der Waals surface area contributed by atoms with Crippen molar-refractivity contribution in [2.45, 2.75) is 25.7 Å². The summed E-state index contributed by atoms with van der Waals surface area (Å²) in [4.78, 5) is 13.2. The van der Waals surface area contributed by atoms with Gasteiger partial charge in [-0.2, -0.15) is 5.26 Å². The summed E-state index contributed by atoms with van der Waals surface area (Å²) in [6.07, 6.45) is 3.09. The topological polar surface area (TPSA) is 77.3 Å². The molecule has 1 N–H and O–H groups in total. The molecule has 0 spiro atoms. The predicted octanol–water partition coefficient (Wildman–Crippen LogP) is 4.27. The molecule has 1 fully saturated rings. The highest BCUT2D eigenvalue weighted by Crippen LogP contribution is 2.30. The lowest BCUT2D eigenvalue weighted by Crippen LogP contribution is -2.22. The van der Waals surface area contributed by atoms with E-state index in [9.17, 15) is 9.65 Å². The van der Waals surface area contributed by atoms with E-state index >= 15 is 0 Å². The third-order valence-corrected chi connectivity index (χ3v) is 6.39. The number of fused-ring (bicyclic) bond motifs is 1. The van der Waals surface area contributed by atoms with Crippen LogP contribution in [0.3, 0.4) is 0 Å². The van der Waals surface area contributed by atoms with Crippen LogP contribution in [0.2, 0.25) is 0 Å². The van der Waals surface area contributed by atoms with E-state index in [4.69, 9.17) is 4.74 Å². The minimum absolute atomic E-state index is 0.287. The van der Waals surface area contributed by atoms with Crippen molar-refractivity contribution in [1.29, 1.82) is 5.26 Å². The molecule has 1 atom stereocenters. The van der Waals surface area contributed by atoms with Crippen LogP contribution in [0.4, 0.5) is 21.7 Å². The highest BCUT2D eigenvalue weighted by molar-refractivity contribution is 5.71. The Morgan fingerprint density at radius 1 is 1.15 bits per heavy atom. The van der Waals surface area contributed by atoms with Gasteiger partial charge in [0.15, 0.2) is 0 Å². The zero-order chi connectivity index (χ0) is 23.5. The standard InChI is InChI=1S/C26H27FN6O/c1-34-9-8-32-15-19-2-3-24(11-22(19)16-32)31-25-12-18(4-6-29-25)21-10-20(13-28)26(30-14-21)33-7-5-23(27)17-33/h2-4,6,10-12,14,23H,5,7-9,15-17H2,1H3,(H,29,31)/t23-/m0/s1. The van der Waals surface area contributed by atoms with Gasteiger partial charge in [-0.15, -0.1) is 0 Å². The first-order chi connectivity index (χ1) is 16.6. The monoisotopic (exact) mass is 458 g/mol. The lowest BCUT2D eigenvalue weighted by Gasteiger charge is -2.18. The molecule has 0 radical (unpaired) electrons. The minimum atomic E-state index is -0.866. The Morgan fingerprint density at radius 3 is 2.82 bits per heavy atom. The van der Waals surface area contributed by atoms with E-state index in [1.165, 1.54) is 11.1 Å². The number of aromatic nitrogens is 2. The number of pyridine rings is 2. The van der Waals surface area contributed by atoms with Crippen molar-refractivity contribution in [1.82, 2.24) is 14.9 Å². The molecule has 0 aliphatic carbocycles. The number of nitriles is 1. The SMILES string of the molecule is COCCN1Cc2ccc(Nc3cc(-c4cnc(N5CC[C@H](F)C5)c(C#N)c4)ccn3)cc2C1. The summed E-state index contributed by atoms with van der Waals surface area (Å²) in [7, 11) is 1.73. The molecule has 4 heterocycles. The number of alkyl halides is 1. The number of nitrogens with one attached hydrogen (secondary N) is 1. The molecule has 1 saturated heterocycles. The maximum absolute atomic E-state index is 13.6. The summed E-state index contributed by atoms with van der Waals surface area (Å²) in [6.45, 7) is 4.37. The van der Waals surface area contributed by atoms with Crippen molar-refractivity contribution in [2.24, 2.45) is 0 Å². The van der Waals surface area contributed by atoms with Gasteiger partial charge in [-0.05, 0) is 53.4 Å². The first-order valence-electron chi connectivity index (χ1n) is 11.5. The van der Waals surface area contributed by atoms with E-state index in [0.29, 0.717) is 30.2 Å². The normalized spacial score (nSPS) is 17.6. The number of methoxy groups -OCH3 is 1. The van der Waals surface area contributed by atoms with Crippen molar-refractivity contribution >= 4 is 17.3 Å². The Labute approximate surface area is 198 Å².